The maximum absolute atomic E-state index is 12.9. The Morgan fingerprint density at radius 2 is 1.18 bits per heavy atom. The van der Waals surface area contributed by atoms with E-state index in [-0.39, 0.29) is 23.9 Å². The monoisotopic (exact) mass is 770 g/mol. The first-order valence-electron chi connectivity index (χ1n) is 15.2. The Kier molecular flexibility index (Phi) is 11.6. The summed E-state index contributed by atoms with van der Waals surface area (Å²) >= 11 is 16.5. The lowest BCUT2D eigenvalue weighted by Crippen LogP contribution is -2.39. The highest BCUT2D eigenvalue weighted by Crippen LogP contribution is 2.33. The van der Waals surface area contributed by atoms with Crippen molar-refractivity contribution in [2.75, 3.05) is 19.3 Å². The van der Waals surface area contributed by atoms with Crippen LogP contribution in [0.5, 0.6) is 0 Å². The van der Waals surface area contributed by atoms with Gasteiger partial charge in [0.2, 0.25) is 11.8 Å². The summed E-state index contributed by atoms with van der Waals surface area (Å²) in [6.07, 6.45) is 4.59. The van der Waals surface area contributed by atoms with Crippen LogP contribution in [0, 0.1) is 3.57 Å². The number of carbonyl (C=O) groups is 2. The lowest BCUT2D eigenvalue weighted by atomic mass is 9.93. The summed E-state index contributed by atoms with van der Waals surface area (Å²) in [6.45, 7) is 5.76. The van der Waals surface area contributed by atoms with E-state index in [1.807, 2.05) is 64.6 Å². The molecule has 2 heterocycles. The highest BCUT2D eigenvalue weighted by atomic mass is 127. The Morgan fingerprint density at radius 3 is 1.69 bits per heavy atom. The largest absolute Gasteiger partial charge is 0.335 e. The zero-order chi connectivity index (χ0) is 32.1. The van der Waals surface area contributed by atoms with Gasteiger partial charge in [0.15, 0.2) is 0 Å². The third-order valence-electron chi connectivity index (χ3n) is 8.84. The molecule has 0 unspecified atom stereocenters. The van der Waals surface area contributed by atoms with Crippen LogP contribution in [0.2, 0.25) is 10.0 Å². The second kappa shape index (κ2) is 15.4. The van der Waals surface area contributed by atoms with Crippen LogP contribution in [0.25, 0.3) is 0 Å². The number of fused-ring (bicyclic) bond motifs is 2. The van der Waals surface area contributed by atoms with Crippen LogP contribution in [-0.4, -0.2) is 41.0 Å². The van der Waals surface area contributed by atoms with Crippen LogP contribution < -0.4 is 0 Å². The fourth-order valence-corrected chi connectivity index (χ4v) is 8.36. The van der Waals surface area contributed by atoms with Crippen LogP contribution in [0.3, 0.4) is 0 Å². The molecule has 2 atom stereocenters. The average Bonchev–Trinajstić information content (AvgIpc) is 3.04. The molecule has 4 aromatic carbocycles. The molecule has 0 aliphatic carbocycles. The van der Waals surface area contributed by atoms with Crippen LogP contribution in [-0.2, 0) is 35.3 Å². The van der Waals surface area contributed by atoms with Crippen LogP contribution in [0.1, 0.15) is 59.3 Å². The molecule has 2 amide bonds. The first-order chi connectivity index (χ1) is 21.7. The Hall–Kier alpha value is -2.52. The number of nitrogens with zero attached hydrogens (tertiary/aromatic N) is 2. The lowest BCUT2D eigenvalue weighted by Gasteiger charge is -2.35. The predicted octanol–water partition coefficient (Wildman–Crippen LogP) is 9.38. The van der Waals surface area contributed by atoms with Crippen LogP contribution >= 0.6 is 57.6 Å². The van der Waals surface area contributed by atoms with Gasteiger partial charge in [0.05, 0.1) is 24.9 Å². The molecule has 6 rings (SSSR count). The van der Waals surface area contributed by atoms with Crippen molar-refractivity contribution in [3.63, 3.8) is 0 Å². The van der Waals surface area contributed by atoms with E-state index in [2.05, 4.69) is 72.8 Å². The zero-order valence-electron chi connectivity index (χ0n) is 25.7. The van der Waals surface area contributed by atoms with E-state index in [0.717, 1.165) is 45.5 Å². The summed E-state index contributed by atoms with van der Waals surface area (Å²) in [5, 5.41) is 1.35. The van der Waals surface area contributed by atoms with Crippen molar-refractivity contribution in [3.8, 4) is 0 Å². The fourth-order valence-electron chi connectivity index (χ4n) is 6.33. The van der Waals surface area contributed by atoms with Gasteiger partial charge in [-0.25, -0.2) is 0 Å². The van der Waals surface area contributed by atoms with Gasteiger partial charge in [-0.3, -0.25) is 9.59 Å². The van der Waals surface area contributed by atoms with E-state index in [9.17, 15) is 9.59 Å². The van der Waals surface area contributed by atoms with Gasteiger partial charge in [0.1, 0.15) is 0 Å². The zero-order valence-corrected chi connectivity index (χ0v) is 30.2. The Morgan fingerprint density at radius 1 is 0.711 bits per heavy atom. The van der Waals surface area contributed by atoms with Gasteiger partial charge in [-0.15, -0.1) is 11.8 Å². The molecule has 0 saturated carbocycles. The third kappa shape index (κ3) is 7.73. The molecule has 8 heteroatoms. The number of hydrogen-bond acceptors (Lipinski definition) is 3. The van der Waals surface area contributed by atoms with E-state index in [4.69, 9.17) is 23.2 Å². The highest BCUT2D eigenvalue weighted by Gasteiger charge is 2.29. The van der Waals surface area contributed by atoms with Crippen molar-refractivity contribution >= 4 is 69.4 Å². The Labute approximate surface area is 294 Å². The van der Waals surface area contributed by atoms with E-state index in [0.29, 0.717) is 22.9 Å². The molecule has 0 saturated heterocycles. The summed E-state index contributed by atoms with van der Waals surface area (Å²) in [6, 6.07) is 28.6. The van der Waals surface area contributed by atoms with Gasteiger partial charge in [-0.2, -0.15) is 0 Å². The predicted molar refractivity (Wildman–Crippen MR) is 195 cm³/mol. The molecule has 4 nitrogen and oxygen atoms in total. The summed E-state index contributed by atoms with van der Waals surface area (Å²) in [4.78, 5) is 30.7. The SMILES string of the molecule is CSc1cccc(Cl)c1CC(=O)N1CCc2ccccc2[C@@H]1C.C[C@H]1c2ccccc2CCN1C(=O)Cc1c(Cl)cccc1I. The van der Waals surface area contributed by atoms with E-state index in [1.165, 1.54) is 22.3 Å². The van der Waals surface area contributed by atoms with Crippen molar-refractivity contribution in [1.29, 1.82) is 0 Å². The van der Waals surface area contributed by atoms with Crippen LogP contribution in [0.4, 0.5) is 0 Å². The first kappa shape index (κ1) is 33.8. The fraction of sp³-hybridized carbons (Fsp3) is 0.297. The molecule has 0 spiro atoms. The maximum Gasteiger partial charge on any atom is 0.227 e. The molecule has 45 heavy (non-hydrogen) atoms. The first-order valence-corrected chi connectivity index (χ1v) is 18.2. The minimum atomic E-state index is 0.118. The lowest BCUT2D eigenvalue weighted by molar-refractivity contribution is -0.133. The molecular formula is C37H37Cl2IN2O2S. The number of hydrogen-bond donors (Lipinski definition) is 0. The summed E-state index contributed by atoms with van der Waals surface area (Å²) in [5.74, 6) is 0.295. The van der Waals surface area contributed by atoms with Gasteiger partial charge in [0, 0.05) is 31.6 Å². The molecule has 0 radical (unpaired) electrons. The van der Waals surface area contributed by atoms with Crippen molar-refractivity contribution in [1.82, 2.24) is 9.80 Å². The van der Waals surface area contributed by atoms with E-state index in [1.54, 1.807) is 11.8 Å². The Bertz CT molecular complexity index is 1680. The molecule has 2 aliphatic rings. The number of rotatable bonds is 5. The van der Waals surface area contributed by atoms with Gasteiger partial charge < -0.3 is 9.80 Å². The molecule has 234 valence electrons. The number of thioether (sulfide) groups is 1. The minimum Gasteiger partial charge on any atom is -0.335 e. The topological polar surface area (TPSA) is 40.6 Å². The standard InChI is InChI=1S/C19H20ClNOS.C18H17ClINO/c1-13-15-7-4-3-6-14(15)10-11-21(13)19(22)12-16-17(20)8-5-9-18(16)23-2;1-12-14-6-3-2-5-13(14)9-10-21(12)18(22)11-15-16(19)7-4-8-17(15)20/h3-9,13H,10-12H2,1-2H3;2-8,12H,9-11H2,1H3/t13-;12-/m00/s1. The molecule has 2 aliphatic heterocycles. The highest BCUT2D eigenvalue weighted by molar-refractivity contribution is 14.1. The van der Waals surface area contributed by atoms with Crippen LogP contribution in [0.15, 0.2) is 89.8 Å². The summed E-state index contributed by atoms with van der Waals surface area (Å²) < 4.78 is 1.04. The quantitative estimate of drug-likeness (QED) is 0.150. The second-order valence-electron chi connectivity index (χ2n) is 11.4. The van der Waals surface area contributed by atoms with E-state index >= 15 is 0 Å². The van der Waals surface area contributed by atoms with Gasteiger partial charge >= 0.3 is 0 Å². The second-order valence-corrected chi connectivity index (χ2v) is 14.2. The molecule has 0 fully saturated rings. The molecule has 0 N–H and O–H groups in total. The van der Waals surface area contributed by atoms with Gasteiger partial charge in [-0.05, 0) is 113 Å². The van der Waals surface area contributed by atoms with Crippen molar-refractivity contribution < 1.29 is 9.59 Å². The molecule has 4 aromatic rings. The smallest absolute Gasteiger partial charge is 0.227 e. The molecule has 0 bridgehead atoms. The molecular weight excluding hydrogens is 734 g/mol. The van der Waals surface area contributed by atoms with Gasteiger partial charge in [0.25, 0.3) is 0 Å². The number of amides is 2. The normalized spacial score (nSPS) is 17.1. The summed E-state index contributed by atoms with van der Waals surface area (Å²) in [5.41, 5.74) is 7.10. The van der Waals surface area contributed by atoms with E-state index < -0.39 is 0 Å². The number of benzene rings is 4. The Balaban J connectivity index is 0.000000178. The molecule has 0 aromatic heterocycles. The minimum absolute atomic E-state index is 0.118. The average molecular weight is 772 g/mol. The van der Waals surface area contributed by atoms with Crippen molar-refractivity contribution in [2.45, 2.75) is 56.5 Å². The maximum atomic E-state index is 12.9. The number of carbonyl (C=O) groups excluding carboxylic acids is 2. The summed E-state index contributed by atoms with van der Waals surface area (Å²) in [7, 11) is 0. The van der Waals surface area contributed by atoms with Gasteiger partial charge in [-0.1, -0.05) is 83.9 Å². The third-order valence-corrected chi connectivity index (χ3v) is 11.4. The number of halogens is 3. The van der Waals surface area contributed by atoms with Crippen molar-refractivity contribution in [2.24, 2.45) is 0 Å². The van der Waals surface area contributed by atoms with Crippen molar-refractivity contribution in [3.05, 3.63) is 132 Å².